The molecule has 0 radical (unpaired) electrons. The Balaban J connectivity index is 0.00000364. The van der Waals surface area contributed by atoms with E-state index in [9.17, 15) is 0 Å². The number of rotatable bonds is 10. The fourth-order valence-corrected chi connectivity index (χ4v) is 3.02. The molecule has 0 atom stereocenters. The molecule has 0 aliphatic carbocycles. The van der Waals surface area contributed by atoms with Gasteiger partial charge >= 0.3 is 0 Å². The number of likely N-dealkylation sites (tertiary alicyclic amines) is 1. The fraction of sp³-hybridized carbons (Fsp3) is 0.650. The summed E-state index contributed by atoms with van der Waals surface area (Å²) in [6, 6.07) is 10.2. The van der Waals surface area contributed by atoms with Crippen LogP contribution in [0.15, 0.2) is 35.3 Å². The number of hydrogen-bond donors (Lipinski definition) is 1. The number of nitrogens with one attached hydrogen (secondary N) is 1. The zero-order valence-corrected chi connectivity index (χ0v) is 18.9. The molecular formula is C20H34IN3O3. The van der Waals surface area contributed by atoms with E-state index in [0.717, 1.165) is 58.1 Å². The lowest BCUT2D eigenvalue weighted by molar-refractivity contribution is 0.00983. The van der Waals surface area contributed by atoms with E-state index in [1.807, 2.05) is 25.2 Å². The number of ether oxygens (including phenoxy) is 3. The standard InChI is InChI=1S/C20H33N3O3.HI/c1-21-20(22-11-16-25-17-18-7-4-3-5-8-18)23-12-9-19(10-13-23)26-15-6-14-24-2;/h3-5,7-8,19H,6,9-17H2,1-2H3,(H,21,22);1H. The van der Waals surface area contributed by atoms with Gasteiger partial charge in [-0.05, 0) is 24.8 Å². The molecule has 1 N–H and O–H groups in total. The summed E-state index contributed by atoms with van der Waals surface area (Å²) in [5.74, 6) is 0.950. The minimum Gasteiger partial charge on any atom is -0.385 e. The topological polar surface area (TPSA) is 55.3 Å². The van der Waals surface area contributed by atoms with Crippen molar-refractivity contribution in [1.82, 2.24) is 10.2 Å². The Bertz CT molecular complexity index is 508. The maximum Gasteiger partial charge on any atom is 0.193 e. The molecular weight excluding hydrogens is 457 g/mol. The molecule has 7 heteroatoms. The smallest absolute Gasteiger partial charge is 0.193 e. The molecule has 1 aromatic carbocycles. The third-order valence-corrected chi connectivity index (χ3v) is 4.44. The third-order valence-electron chi connectivity index (χ3n) is 4.44. The second kappa shape index (κ2) is 15.1. The third kappa shape index (κ3) is 9.73. The zero-order chi connectivity index (χ0) is 18.5. The molecule has 0 unspecified atom stereocenters. The highest BCUT2D eigenvalue weighted by Gasteiger charge is 2.21. The summed E-state index contributed by atoms with van der Waals surface area (Å²) in [6.45, 7) is 5.55. The van der Waals surface area contributed by atoms with E-state index in [4.69, 9.17) is 14.2 Å². The largest absolute Gasteiger partial charge is 0.385 e. The van der Waals surface area contributed by atoms with Crippen molar-refractivity contribution in [2.75, 3.05) is 53.6 Å². The van der Waals surface area contributed by atoms with E-state index >= 15 is 0 Å². The molecule has 0 bridgehead atoms. The quantitative estimate of drug-likeness (QED) is 0.236. The Morgan fingerprint density at radius 2 is 1.89 bits per heavy atom. The van der Waals surface area contributed by atoms with Crippen LogP contribution in [0.2, 0.25) is 0 Å². The Hall–Kier alpha value is -0.900. The second-order valence-corrected chi connectivity index (χ2v) is 6.42. The van der Waals surface area contributed by atoms with Crippen LogP contribution in [0.1, 0.15) is 24.8 Å². The molecule has 1 aromatic rings. The Kier molecular flexibility index (Phi) is 13.5. The molecule has 2 rings (SSSR count). The SMILES string of the molecule is CN=C(NCCOCc1ccccc1)N1CCC(OCCCOC)CC1.I. The first-order valence-corrected chi connectivity index (χ1v) is 9.51. The van der Waals surface area contributed by atoms with Crippen molar-refractivity contribution in [3.05, 3.63) is 35.9 Å². The average Bonchev–Trinajstić information content (AvgIpc) is 2.69. The van der Waals surface area contributed by atoms with Crippen molar-refractivity contribution in [2.24, 2.45) is 4.99 Å². The molecule has 6 nitrogen and oxygen atoms in total. The van der Waals surface area contributed by atoms with Gasteiger partial charge in [-0.2, -0.15) is 0 Å². The number of benzene rings is 1. The highest BCUT2D eigenvalue weighted by atomic mass is 127. The van der Waals surface area contributed by atoms with E-state index in [-0.39, 0.29) is 24.0 Å². The number of nitrogens with zero attached hydrogens (tertiary/aromatic N) is 2. The average molecular weight is 491 g/mol. The second-order valence-electron chi connectivity index (χ2n) is 6.42. The first-order chi connectivity index (χ1) is 12.8. The molecule has 0 amide bonds. The van der Waals surface area contributed by atoms with Gasteiger partial charge in [0.2, 0.25) is 0 Å². The van der Waals surface area contributed by atoms with E-state index in [1.54, 1.807) is 7.11 Å². The number of guanidine groups is 1. The van der Waals surface area contributed by atoms with Crippen LogP contribution >= 0.6 is 24.0 Å². The van der Waals surface area contributed by atoms with Crippen molar-refractivity contribution < 1.29 is 14.2 Å². The van der Waals surface area contributed by atoms with Gasteiger partial charge in [0.15, 0.2) is 5.96 Å². The van der Waals surface area contributed by atoms with Crippen LogP contribution in [0.3, 0.4) is 0 Å². The van der Waals surface area contributed by atoms with Crippen LogP contribution in [0.5, 0.6) is 0 Å². The Labute approximate surface area is 180 Å². The van der Waals surface area contributed by atoms with Gasteiger partial charge < -0.3 is 24.4 Å². The first kappa shape index (κ1) is 24.1. The van der Waals surface area contributed by atoms with Gasteiger partial charge in [-0.1, -0.05) is 30.3 Å². The highest BCUT2D eigenvalue weighted by molar-refractivity contribution is 14.0. The zero-order valence-electron chi connectivity index (χ0n) is 16.6. The number of aliphatic imine (C=N–C) groups is 1. The number of hydrogen-bond acceptors (Lipinski definition) is 4. The van der Waals surface area contributed by atoms with Gasteiger partial charge in [0.1, 0.15) is 0 Å². The van der Waals surface area contributed by atoms with Crippen molar-refractivity contribution >= 4 is 29.9 Å². The maximum atomic E-state index is 5.91. The molecule has 1 fully saturated rings. The molecule has 0 aromatic heterocycles. The molecule has 0 spiro atoms. The monoisotopic (exact) mass is 491 g/mol. The summed E-state index contributed by atoms with van der Waals surface area (Å²) in [6.07, 6.45) is 3.40. The lowest BCUT2D eigenvalue weighted by atomic mass is 10.1. The fourth-order valence-electron chi connectivity index (χ4n) is 3.02. The summed E-state index contributed by atoms with van der Waals surface area (Å²) >= 11 is 0. The molecule has 0 saturated carbocycles. The molecule has 27 heavy (non-hydrogen) atoms. The van der Waals surface area contributed by atoms with Crippen LogP contribution in [0.25, 0.3) is 0 Å². The van der Waals surface area contributed by atoms with E-state index in [2.05, 4.69) is 27.3 Å². The minimum atomic E-state index is 0. The van der Waals surface area contributed by atoms with Gasteiger partial charge in [-0.3, -0.25) is 4.99 Å². The van der Waals surface area contributed by atoms with Crippen molar-refractivity contribution in [3.63, 3.8) is 0 Å². The minimum absolute atomic E-state index is 0. The lowest BCUT2D eigenvalue weighted by Crippen LogP contribution is -2.47. The van der Waals surface area contributed by atoms with Crippen LogP contribution in [-0.2, 0) is 20.8 Å². The number of piperidine rings is 1. The van der Waals surface area contributed by atoms with Gasteiger partial charge in [0, 0.05) is 47.0 Å². The molecule has 1 aliphatic rings. The molecule has 1 heterocycles. The molecule has 1 saturated heterocycles. The summed E-state index contributed by atoms with van der Waals surface area (Å²) in [5.41, 5.74) is 1.20. The number of methoxy groups -OCH3 is 1. The first-order valence-electron chi connectivity index (χ1n) is 9.51. The van der Waals surface area contributed by atoms with Crippen molar-refractivity contribution in [2.45, 2.75) is 32.0 Å². The van der Waals surface area contributed by atoms with Gasteiger partial charge in [-0.25, -0.2) is 0 Å². The van der Waals surface area contributed by atoms with Crippen molar-refractivity contribution in [1.29, 1.82) is 0 Å². The predicted octanol–water partition coefficient (Wildman–Crippen LogP) is 2.91. The number of halogens is 1. The normalized spacial score (nSPS) is 15.5. The lowest BCUT2D eigenvalue weighted by Gasteiger charge is -2.34. The van der Waals surface area contributed by atoms with Crippen LogP contribution in [-0.4, -0.2) is 70.6 Å². The van der Waals surface area contributed by atoms with Gasteiger partial charge in [0.25, 0.3) is 0 Å². The van der Waals surface area contributed by atoms with Crippen LogP contribution in [0, 0.1) is 0 Å². The Morgan fingerprint density at radius 1 is 1.15 bits per heavy atom. The summed E-state index contributed by atoms with van der Waals surface area (Å²) < 4.78 is 16.7. The Morgan fingerprint density at radius 3 is 2.56 bits per heavy atom. The van der Waals surface area contributed by atoms with Crippen LogP contribution < -0.4 is 5.32 Å². The summed E-state index contributed by atoms with van der Waals surface area (Å²) in [4.78, 5) is 6.70. The molecule has 154 valence electrons. The van der Waals surface area contributed by atoms with E-state index in [0.29, 0.717) is 19.3 Å². The summed E-state index contributed by atoms with van der Waals surface area (Å²) in [5, 5.41) is 3.39. The highest BCUT2D eigenvalue weighted by Crippen LogP contribution is 2.14. The summed E-state index contributed by atoms with van der Waals surface area (Å²) in [7, 11) is 3.56. The van der Waals surface area contributed by atoms with E-state index < -0.39 is 0 Å². The van der Waals surface area contributed by atoms with Gasteiger partial charge in [-0.15, -0.1) is 24.0 Å². The van der Waals surface area contributed by atoms with Crippen molar-refractivity contribution in [3.8, 4) is 0 Å². The van der Waals surface area contributed by atoms with Crippen LogP contribution in [0.4, 0.5) is 0 Å². The van der Waals surface area contributed by atoms with E-state index in [1.165, 1.54) is 5.56 Å². The predicted molar refractivity (Wildman–Crippen MR) is 120 cm³/mol. The maximum absolute atomic E-state index is 5.91. The molecule has 1 aliphatic heterocycles. The van der Waals surface area contributed by atoms with Gasteiger partial charge in [0.05, 0.1) is 19.3 Å².